The topological polar surface area (TPSA) is 29.5 Å². The Morgan fingerprint density at radius 2 is 2.04 bits per heavy atom. The second-order valence-corrected chi connectivity index (χ2v) is 9.83. The minimum absolute atomic E-state index is 0.192. The van der Waals surface area contributed by atoms with Gasteiger partial charge >= 0.3 is 8.84 Å². The molecule has 25 heavy (non-hydrogen) atoms. The van der Waals surface area contributed by atoms with Crippen molar-refractivity contribution in [1.82, 2.24) is 4.57 Å². The van der Waals surface area contributed by atoms with Crippen molar-refractivity contribution in [2.45, 2.75) is 56.7 Å². The van der Waals surface area contributed by atoms with Gasteiger partial charge in [-0.2, -0.15) is 12.6 Å². The molecule has 0 radical (unpaired) electrons. The van der Waals surface area contributed by atoms with Gasteiger partial charge in [0, 0.05) is 11.3 Å². The molecule has 2 fully saturated rings. The Morgan fingerprint density at radius 3 is 2.68 bits per heavy atom. The molecule has 3 unspecified atom stereocenters. The number of hydrogen-bond acceptors (Lipinski definition) is 3. The second-order valence-electron chi connectivity index (χ2n) is 7.61. The van der Waals surface area contributed by atoms with E-state index in [1.807, 2.05) is 17.2 Å². The zero-order chi connectivity index (χ0) is 18.0. The Labute approximate surface area is 158 Å². The van der Waals surface area contributed by atoms with Gasteiger partial charge in [-0.15, -0.1) is 0 Å². The van der Waals surface area contributed by atoms with Gasteiger partial charge in [-0.05, 0) is 55.3 Å². The van der Waals surface area contributed by atoms with Crippen LogP contribution in [-0.4, -0.2) is 30.8 Å². The monoisotopic (exact) mass is 375 g/mol. The lowest BCUT2D eigenvalue weighted by Crippen LogP contribution is -2.45. The SMILES string of the molecule is C=CN(C1[C@@H]2CC2C[C@@H](OCc2ccccc2)C(S)C[C@H]1C)[Si](C)=O. The predicted molar refractivity (Wildman–Crippen MR) is 106 cm³/mol. The van der Waals surface area contributed by atoms with Gasteiger partial charge < -0.3 is 13.8 Å². The smallest absolute Gasteiger partial charge is 0.372 e. The molecule has 3 nitrogen and oxygen atoms in total. The first-order valence-electron chi connectivity index (χ1n) is 9.26. The second kappa shape index (κ2) is 8.19. The molecule has 1 aromatic rings. The molecule has 0 N–H and O–H groups in total. The quantitative estimate of drug-likeness (QED) is 0.594. The molecule has 6 atom stereocenters. The molecule has 136 valence electrons. The number of fused-ring (bicyclic) bond motifs is 1. The summed E-state index contributed by atoms with van der Waals surface area (Å²) in [6.45, 7) is 8.64. The zero-order valence-corrected chi connectivity index (χ0v) is 17.1. The maximum Gasteiger partial charge on any atom is 0.395 e. The fourth-order valence-corrected chi connectivity index (χ4v) is 6.07. The minimum atomic E-state index is -1.76. The summed E-state index contributed by atoms with van der Waals surface area (Å²) < 4.78 is 20.5. The molecule has 0 aliphatic heterocycles. The Balaban J connectivity index is 1.67. The van der Waals surface area contributed by atoms with Crippen molar-refractivity contribution < 1.29 is 9.20 Å². The number of benzene rings is 1. The Kier molecular flexibility index (Phi) is 6.18. The third kappa shape index (κ3) is 4.44. The minimum Gasteiger partial charge on any atom is -0.372 e. The van der Waals surface area contributed by atoms with Crippen LogP contribution in [0.2, 0.25) is 6.55 Å². The van der Waals surface area contributed by atoms with Crippen LogP contribution in [0.1, 0.15) is 31.7 Å². The van der Waals surface area contributed by atoms with Crippen LogP contribution < -0.4 is 0 Å². The van der Waals surface area contributed by atoms with Crippen LogP contribution in [0.15, 0.2) is 43.1 Å². The standard InChI is InChI=1S/C20H29NO2SSi/c1-4-21(25(3)22)20-14(2)10-19(24)18(12-16-11-17(16)20)23-13-15-8-6-5-7-9-15/h4-9,14,16-20,24H,1,10-13H2,2-3H3/t14-,16?,17-,18-,19?,20?/m1/s1. The maximum absolute atomic E-state index is 12.2. The van der Waals surface area contributed by atoms with Crippen molar-refractivity contribution in [2.24, 2.45) is 17.8 Å². The molecule has 3 rings (SSSR count). The van der Waals surface area contributed by atoms with Gasteiger partial charge in [0.05, 0.1) is 12.7 Å². The lowest BCUT2D eigenvalue weighted by atomic mass is 9.86. The molecular formula is C20H29NO2SSi. The molecule has 0 heterocycles. The van der Waals surface area contributed by atoms with Crippen LogP contribution in [0.5, 0.6) is 0 Å². The molecule has 0 bridgehead atoms. The van der Waals surface area contributed by atoms with Crippen molar-refractivity contribution in [3.8, 4) is 0 Å². The van der Waals surface area contributed by atoms with Gasteiger partial charge in [0.1, 0.15) is 0 Å². The van der Waals surface area contributed by atoms with Gasteiger partial charge in [-0.3, -0.25) is 0 Å². The molecule has 0 saturated heterocycles. The van der Waals surface area contributed by atoms with Crippen LogP contribution in [0.25, 0.3) is 0 Å². The normalized spacial score (nSPS) is 34.4. The van der Waals surface area contributed by atoms with E-state index in [-0.39, 0.29) is 11.4 Å². The van der Waals surface area contributed by atoms with Gasteiger partial charge in [-0.25, -0.2) is 0 Å². The molecular weight excluding hydrogens is 346 g/mol. The van der Waals surface area contributed by atoms with E-state index in [1.54, 1.807) is 6.20 Å². The molecule has 1 aromatic carbocycles. The lowest BCUT2D eigenvalue weighted by molar-refractivity contribution is 0.0180. The molecule has 2 aliphatic rings. The maximum atomic E-state index is 12.2. The van der Waals surface area contributed by atoms with Crippen LogP contribution in [0, 0.1) is 17.8 Å². The average molecular weight is 376 g/mol. The highest BCUT2D eigenvalue weighted by Crippen LogP contribution is 2.51. The predicted octanol–water partition coefficient (Wildman–Crippen LogP) is 4.30. The average Bonchev–Trinajstić information content (AvgIpc) is 3.33. The van der Waals surface area contributed by atoms with Gasteiger partial charge in [0.25, 0.3) is 0 Å². The van der Waals surface area contributed by atoms with Crippen LogP contribution in [0.3, 0.4) is 0 Å². The highest BCUT2D eigenvalue weighted by atomic mass is 32.1. The van der Waals surface area contributed by atoms with E-state index >= 15 is 0 Å². The summed E-state index contributed by atoms with van der Waals surface area (Å²) in [4.78, 5) is 0. The third-order valence-electron chi connectivity index (χ3n) is 5.76. The summed E-state index contributed by atoms with van der Waals surface area (Å²) in [5, 5.41) is 0.216. The van der Waals surface area contributed by atoms with E-state index < -0.39 is 8.84 Å². The highest BCUT2D eigenvalue weighted by Gasteiger charge is 2.50. The number of nitrogens with zero attached hydrogens (tertiary/aromatic N) is 1. The first-order valence-corrected chi connectivity index (χ1v) is 11.6. The van der Waals surface area contributed by atoms with E-state index in [1.165, 1.54) is 12.0 Å². The van der Waals surface area contributed by atoms with Gasteiger partial charge in [0.15, 0.2) is 0 Å². The van der Waals surface area contributed by atoms with Crippen LogP contribution >= 0.6 is 12.6 Å². The summed E-state index contributed by atoms with van der Waals surface area (Å²) in [5.41, 5.74) is 1.21. The van der Waals surface area contributed by atoms with Crippen molar-refractivity contribution in [3.63, 3.8) is 0 Å². The van der Waals surface area contributed by atoms with E-state index in [0.29, 0.717) is 30.4 Å². The Morgan fingerprint density at radius 1 is 1.32 bits per heavy atom. The lowest BCUT2D eigenvalue weighted by Gasteiger charge is -2.38. The third-order valence-corrected chi connectivity index (χ3v) is 7.52. The Bertz CT molecular complexity index is 611. The molecule has 2 aliphatic carbocycles. The summed E-state index contributed by atoms with van der Waals surface area (Å²) >= 11 is 4.89. The van der Waals surface area contributed by atoms with E-state index in [9.17, 15) is 4.46 Å². The number of ether oxygens (including phenoxy) is 1. The van der Waals surface area contributed by atoms with Crippen LogP contribution in [-0.2, 0) is 15.8 Å². The first-order chi connectivity index (χ1) is 12.0. The van der Waals surface area contributed by atoms with Gasteiger partial charge in [-0.1, -0.05) is 43.8 Å². The summed E-state index contributed by atoms with van der Waals surface area (Å²) in [7, 11) is -1.76. The fourth-order valence-electron chi connectivity index (χ4n) is 4.41. The van der Waals surface area contributed by atoms with Crippen molar-refractivity contribution >= 4 is 21.5 Å². The Hall–Kier alpha value is -0.913. The first kappa shape index (κ1) is 18.9. The highest BCUT2D eigenvalue weighted by molar-refractivity contribution is 7.81. The van der Waals surface area contributed by atoms with Crippen molar-refractivity contribution in [1.29, 1.82) is 0 Å². The molecule has 0 spiro atoms. The fraction of sp³-hybridized carbons (Fsp3) is 0.600. The molecule has 2 saturated carbocycles. The van der Waals surface area contributed by atoms with Gasteiger partial charge in [0.2, 0.25) is 0 Å². The molecule has 0 aromatic heterocycles. The molecule has 0 amide bonds. The van der Waals surface area contributed by atoms with E-state index in [0.717, 1.165) is 12.8 Å². The van der Waals surface area contributed by atoms with E-state index in [2.05, 4.69) is 37.8 Å². The summed E-state index contributed by atoms with van der Waals surface area (Å²) in [5.74, 6) is 1.71. The van der Waals surface area contributed by atoms with E-state index in [4.69, 9.17) is 17.4 Å². The summed E-state index contributed by atoms with van der Waals surface area (Å²) in [6, 6.07) is 10.7. The summed E-state index contributed by atoms with van der Waals surface area (Å²) in [6.07, 6.45) is 5.23. The number of thiol groups is 1. The van der Waals surface area contributed by atoms with Crippen molar-refractivity contribution in [3.05, 3.63) is 48.7 Å². The van der Waals surface area contributed by atoms with Crippen LogP contribution in [0.4, 0.5) is 0 Å². The molecule has 5 heteroatoms. The number of hydrogen-bond donors (Lipinski definition) is 1. The largest absolute Gasteiger partial charge is 0.395 e. The van der Waals surface area contributed by atoms with Crippen molar-refractivity contribution in [2.75, 3.05) is 0 Å². The number of rotatable bonds is 6. The zero-order valence-electron chi connectivity index (χ0n) is 15.2.